The van der Waals surface area contributed by atoms with Crippen LogP contribution < -0.4 is 14.8 Å². The molecule has 1 fully saturated rings. The first-order valence-corrected chi connectivity index (χ1v) is 11.6. The Labute approximate surface area is 202 Å². The predicted octanol–water partition coefficient (Wildman–Crippen LogP) is 2.35. The first-order chi connectivity index (χ1) is 17.1. The molecule has 3 aromatic rings. The molecular formula is C25H27N5O5. The number of anilines is 1. The van der Waals surface area contributed by atoms with Crippen LogP contribution in [0.2, 0.25) is 0 Å². The molecular weight excluding hydrogens is 450 g/mol. The molecule has 5 rings (SSSR count). The summed E-state index contributed by atoms with van der Waals surface area (Å²) in [4.78, 5) is 32.6. The van der Waals surface area contributed by atoms with Gasteiger partial charge in [-0.2, -0.15) is 4.98 Å². The number of nitrogens with zero attached hydrogens (tertiary/aromatic N) is 4. The standard InChI is InChI=1S/C25H27N5O5/c1-33-19-5-2-17(3-6-19)25-27-23(35-28-25)15-29-10-12-30(13-11-29)24(32)16-34-20-7-8-21-18(14-20)4-9-22(31)26-21/h2-3,5-8,14H,4,9-13,15-16H2,1H3,(H,26,31). The van der Waals surface area contributed by atoms with Crippen molar-refractivity contribution in [1.82, 2.24) is 19.9 Å². The Morgan fingerprint density at radius 2 is 1.83 bits per heavy atom. The molecule has 1 aromatic heterocycles. The maximum absolute atomic E-state index is 12.6. The zero-order chi connectivity index (χ0) is 24.2. The number of carbonyl (C=O) groups excluding carboxylic acids is 2. The highest BCUT2D eigenvalue weighted by Gasteiger charge is 2.23. The van der Waals surface area contributed by atoms with Crippen LogP contribution in [-0.2, 0) is 22.6 Å². The van der Waals surface area contributed by atoms with Crippen molar-refractivity contribution in [2.75, 3.05) is 45.2 Å². The molecule has 0 spiro atoms. The lowest BCUT2D eigenvalue weighted by molar-refractivity contribution is -0.135. The van der Waals surface area contributed by atoms with Gasteiger partial charge in [-0.1, -0.05) is 5.16 Å². The molecule has 10 nitrogen and oxygen atoms in total. The molecule has 2 aliphatic heterocycles. The summed E-state index contributed by atoms with van der Waals surface area (Å²) in [5.74, 6) is 2.47. The summed E-state index contributed by atoms with van der Waals surface area (Å²) < 4.78 is 16.3. The monoisotopic (exact) mass is 477 g/mol. The van der Waals surface area contributed by atoms with E-state index in [0.717, 1.165) is 22.6 Å². The van der Waals surface area contributed by atoms with E-state index in [1.165, 1.54) is 0 Å². The number of methoxy groups -OCH3 is 1. The number of benzene rings is 2. The summed E-state index contributed by atoms with van der Waals surface area (Å²) in [6.07, 6.45) is 1.14. The smallest absolute Gasteiger partial charge is 0.260 e. The maximum atomic E-state index is 12.6. The quantitative estimate of drug-likeness (QED) is 0.552. The summed E-state index contributed by atoms with van der Waals surface area (Å²) in [5, 5.41) is 6.92. The normalized spacial score (nSPS) is 15.9. The minimum atomic E-state index is -0.0461. The number of fused-ring (bicyclic) bond motifs is 1. The number of carbonyl (C=O) groups is 2. The summed E-state index contributed by atoms with van der Waals surface area (Å²) >= 11 is 0. The summed E-state index contributed by atoms with van der Waals surface area (Å²) in [5.41, 5.74) is 2.70. The Hall–Kier alpha value is -3.92. The number of hydrogen-bond donors (Lipinski definition) is 1. The third-order valence-corrected chi connectivity index (χ3v) is 6.23. The second-order valence-electron chi connectivity index (χ2n) is 8.55. The Bertz CT molecular complexity index is 1200. The van der Waals surface area contributed by atoms with Crippen molar-refractivity contribution in [2.24, 2.45) is 0 Å². The van der Waals surface area contributed by atoms with Crippen LogP contribution in [0.5, 0.6) is 11.5 Å². The van der Waals surface area contributed by atoms with Crippen LogP contribution in [0.25, 0.3) is 11.4 Å². The molecule has 0 atom stereocenters. The SMILES string of the molecule is COc1ccc(-c2noc(CN3CCN(C(=O)COc4ccc5c(c4)CCC(=O)N5)CC3)n2)cc1. The lowest BCUT2D eigenvalue weighted by atomic mass is 10.0. The van der Waals surface area contributed by atoms with Crippen molar-refractivity contribution in [1.29, 1.82) is 0 Å². The third-order valence-electron chi connectivity index (χ3n) is 6.23. The fraction of sp³-hybridized carbons (Fsp3) is 0.360. The van der Waals surface area contributed by atoms with E-state index in [1.54, 1.807) is 13.2 Å². The van der Waals surface area contributed by atoms with Gasteiger partial charge in [0.05, 0.1) is 13.7 Å². The number of amides is 2. The molecule has 182 valence electrons. The van der Waals surface area contributed by atoms with Crippen LogP contribution in [0, 0.1) is 0 Å². The van der Waals surface area contributed by atoms with Gasteiger partial charge in [0, 0.05) is 43.9 Å². The van der Waals surface area contributed by atoms with Gasteiger partial charge >= 0.3 is 0 Å². The largest absolute Gasteiger partial charge is 0.497 e. The van der Waals surface area contributed by atoms with E-state index >= 15 is 0 Å². The fourth-order valence-corrected chi connectivity index (χ4v) is 4.21. The molecule has 1 N–H and O–H groups in total. The van der Waals surface area contributed by atoms with Crippen molar-refractivity contribution in [3.05, 3.63) is 53.9 Å². The van der Waals surface area contributed by atoms with Gasteiger partial charge in [-0.25, -0.2) is 0 Å². The third kappa shape index (κ3) is 5.43. The minimum absolute atomic E-state index is 0.0139. The van der Waals surface area contributed by atoms with Crippen LogP contribution in [0.3, 0.4) is 0 Å². The van der Waals surface area contributed by atoms with Gasteiger partial charge in [-0.3, -0.25) is 14.5 Å². The second kappa shape index (κ2) is 10.1. The van der Waals surface area contributed by atoms with Gasteiger partial charge < -0.3 is 24.2 Å². The summed E-state index contributed by atoms with van der Waals surface area (Å²) in [7, 11) is 1.62. The Balaban J connectivity index is 1.08. The molecule has 0 saturated carbocycles. The molecule has 2 aromatic carbocycles. The first-order valence-electron chi connectivity index (χ1n) is 11.6. The van der Waals surface area contributed by atoms with E-state index in [2.05, 4.69) is 20.4 Å². The van der Waals surface area contributed by atoms with Crippen molar-refractivity contribution < 1.29 is 23.6 Å². The number of aromatic nitrogens is 2. The second-order valence-corrected chi connectivity index (χ2v) is 8.55. The van der Waals surface area contributed by atoms with Gasteiger partial charge in [-0.15, -0.1) is 0 Å². The van der Waals surface area contributed by atoms with E-state index in [9.17, 15) is 9.59 Å². The van der Waals surface area contributed by atoms with Crippen LogP contribution >= 0.6 is 0 Å². The Kier molecular flexibility index (Phi) is 6.62. The highest BCUT2D eigenvalue weighted by Crippen LogP contribution is 2.27. The molecule has 3 heterocycles. The average molecular weight is 478 g/mol. The van der Waals surface area contributed by atoms with Gasteiger partial charge in [0.2, 0.25) is 17.6 Å². The molecule has 35 heavy (non-hydrogen) atoms. The fourth-order valence-electron chi connectivity index (χ4n) is 4.21. The summed E-state index contributed by atoms with van der Waals surface area (Å²) in [6, 6.07) is 13.0. The zero-order valence-electron chi connectivity index (χ0n) is 19.5. The van der Waals surface area contributed by atoms with Gasteiger partial charge in [0.25, 0.3) is 5.91 Å². The number of aryl methyl sites for hydroxylation is 1. The number of nitrogens with one attached hydrogen (secondary N) is 1. The highest BCUT2D eigenvalue weighted by atomic mass is 16.5. The molecule has 1 saturated heterocycles. The van der Waals surface area contributed by atoms with Crippen molar-refractivity contribution in [3.8, 4) is 22.9 Å². The van der Waals surface area contributed by atoms with E-state index in [4.69, 9.17) is 14.0 Å². The van der Waals surface area contributed by atoms with E-state index < -0.39 is 0 Å². The number of piperazine rings is 1. The van der Waals surface area contributed by atoms with E-state index in [-0.39, 0.29) is 18.4 Å². The predicted molar refractivity (Wildman–Crippen MR) is 127 cm³/mol. The lowest BCUT2D eigenvalue weighted by Crippen LogP contribution is -2.49. The first kappa shape index (κ1) is 22.9. The number of hydrogen-bond acceptors (Lipinski definition) is 8. The molecule has 0 radical (unpaired) electrons. The Morgan fingerprint density at radius 1 is 1.06 bits per heavy atom. The van der Waals surface area contributed by atoms with Crippen LogP contribution in [0.15, 0.2) is 47.0 Å². The molecule has 2 aliphatic rings. The lowest BCUT2D eigenvalue weighted by Gasteiger charge is -2.33. The van der Waals surface area contributed by atoms with Crippen LogP contribution in [0.1, 0.15) is 17.9 Å². The topological polar surface area (TPSA) is 110 Å². The average Bonchev–Trinajstić information content (AvgIpc) is 3.36. The Morgan fingerprint density at radius 3 is 2.60 bits per heavy atom. The van der Waals surface area contributed by atoms with Crippen LogP contribution in [0.4, 0.5) is 5.69 Å². The molecule has 2 amide bonds. The number of rotatable bonds is 7. The molecule has 10 heteroatoms. The molecule has 0 bridgehead atoms. The van der Waals surface area contributed by atoms with Crippen molar-refractivity contribution in [3.63, 3.8) is 0 Å². The van der Waals surface area contributed by atoms with Crippen molar-refractivity contribution in [2.45, 2.75) is 19.4 Å². The highest BCUT2D eigenvalue weighted by molar-refractivity contribution is 5.94. The van der Waals surface area contributed by atoms with Gasteiger partial charge in [0.1, 0.15) is 11.5 Å². The summed E-state index contributed by atoms with van der Waals surface area (Å²) in [6.45, 7) is 3.16. The van der Waals surface area contributed by atoms with Gasteiger partial charge in [-0.05, 0) is 54.4 Å². The maximum Gasteiger partial charge on any atom is 0.260 e. The van der Waals surface area contributed by atoms with Crippen molar-refractivity contribution >= 4 is 17.5 Å². The van der Waals surface area contributed by atoms with Crippen LogP contribution in [-0.4, -0.2) is 71.7 Å². The van der Waals surface area contributed by atoms with E-state index in [0.29, 0.717) is 63.0 Å². The number of ether oxygens (including phenoxy) is 2. The van der Waals surface area contributed by atoms with Gasteiger partial charge in [0.15, 0.2) is 6.61 Å². The molecule has 0 unspecified atom stereocenters. The minimum Gasteiger partial charge on any atom is -0.497 e. The van der Waals surface area contributed by atoms with E-state index in [1.807, 2.05) is 41.3 Å². The zero-order valence-corrected chi connectivity index (χ0v) is 19.5. The molecule has 0 aliphatic carbocycles.